The van der Waals surface area contributed by atoms with Crippen LogP contribution in [-0.2, 0) is 6.54 Å². The van der Waals surface area contributed by atoms with Crippen molar-refractivity contribution < 1.29 is 5.11 Å². The van der Waals surface area contributed by atoms with E-state index in [0.29, 0.717) is 6.04 Å². The average molecular weight is 240 g/mol. The third-order valence-corrected chi connectivity index (χ3v) is 4.12. The first-order chi connectivity index (χ1) is 7.70. The molecule has 0 bridgehead atoms. The summed E-state index contributed by atoms with van der Waals surface area (Å²) >= 11 is 1.84. The second-order valence-electron chi connectivity index (χ2n) is 4.73. The number of aliphatic hydroxyl groups excluding tert-OH is 1. The second kappa shape index (κ2) is 5.25. The van der Waals surface area contributed by atoms with Crippen molar-refractivity contribution in [2.45, 2.75) is 45.2 Å². The third-order valence-electron chi connectivity index (χ3n) is 2.97. The quantitative estimate of drug-likeness (QED) is 0.828. The van der Waals surface area contributed by atoms with Gasteiger partial charge in [-0.2, -0.15) is 0 Å². The van der Waals surface area contributed by atoms with Crippen LogP contribution in [0.3, 0.4) is 0 Å². The number of thiazole rings is 1. The van der Waals surface area contributed by atoms with Gasteiger partial charge in [0.2, 0.25) is 0 Å². The van der Waals surface area contributed by atoms with Gasteiger partial charge in [0.15, 0.2) is 0 Å². The van der Waals surface area contributed by atoms with Gasteiger partial charge < -0.3 is 5.11 Å². The van der Waals surface area contributed by atoms with Crippen molar-refractivity contribution in [1.29, 1.82) is 0 Å². The molecule has 2 rings (SSSR count). The molecule has 0 saturated heterocycles. The lowest BCUT2D eigenvalue weighted by atomic mass is 10.3. The first kappa shape index (κ1) is 12.0. The second-order valence-corrected chi connectivity index (χ2v) is 5.87. The van der Waals surface area contributed by atoms with E-state index in [4.69, 9.17) is 5.11 Å². The van der Waals surface area contributed by atoms with Crippen LogP contribution in [0.15, 0.2) is 6.20 Å². The first-order valence-corrected chi connectivity index (χ1v) is 6.82. The molecule has 0 spiro atoms. The molecule has 3 nitrogen and oxygen atoms in total. The minimum Gasteiger partial charge on any atom is -0.395 e. The predicted octanol–water partition coefficient (Wildman–Crippen LogP) is 2.22. The Hall–Kier alpha value is -0.450. The van der Waals surface area contributed by atoms with Crippen molar-refractivity contribution in [3.8, 4) is 0 Å². The smallest absolute Gasteiger partial charge is 0.0959 e. The van der Waals surface area contributed by atoms with Gasteiger partial charge in [-0.1, -0.05) is 0 Å². The minimum atomic E-state index is 0.229. The maximum absolute atomic E-state index is 9.01. The lowest BCUT2D eigenvalue weighted by Gasteiger charge is -2.24. The predicted molar refractivity (Wildman–Crippen MR) is 66.7 cm³/mol. The standard InChI is InChI=1S/C12H20N2OS/c1-9(2)14(5-6-15)8-11-7-13-12(16-11)10-3-4-10/h7,9-10,15H,3-6,8H2,1-2H3. The average Bonchev–Trinajstić information content (AvgIpc) is 2.99. The van der Waals surface area contributed by atoms with Crippen LogP contribution in [0.25, 0.3) is 0 Å². The number of hydrogen-bond acceptors (Lipinski definition) is 4. The fourth-order valence-corrected chi connectivity index (χ4v) is 2.88. The Balaban J connectivity index is 1.94. The highest BCUT2D eigenvalue weighted by Gasteiger charge is 2.26. The molecule has 16 heavy (non-hydrogen) atoms. The summed E-state index contributed by atoms with van der Waals surface area (Å²) in [5.74, 6) is 0.754. The van der Waals surface area contributed by atoms with Crippen LogP contribution in [0.4, 0.5) is 0 Å². The van der Waals surface area contributed by atoms with Crippen molar-refractivity contribution >= 4 is 11.3 Å². The van der Waals surface area contributed by atoms with Crippen molar-refractivity contribution in [2.75, 3.05) is 13.2 Å². The van der Waals surface area contributed by atoms with Crippen LogP contribution in [0.1, 0.15) is 42.5 Å². The van der Waals surface area contributed by atoms with E-state index in [1.807, 2.05) is 17.5 Å². The van der Waals surface area contributed by atoms with E-state index < -0.39 is 0 Å². The lowest BCUT2D eigenvalue weighted by Crippen LogP contribution is -2.32. The van der Waals surface area contributed by atoms with Crippen molar-refractivity contribution in [3.05, 3.63) is 16.1 Å². The summed E-state index contributed by atoms with van der Waals surface area (Å²) in [5, 5.41) is 10.3. The van der Waals surface area contributed by atoms with Gasteiger partial charge >= 0.3 is 0 Å². The van der Waals surface area contributed by atoms with E-state index in [1.54, 1.807) is 0 Å². The monoisotopic (exact) mass is 240 g/mol. The van der Waals surface area contributed by atoms with Gasteiger partial charge in [-0.25, -0.2) is 4.98 Å². The Morgan fingerprint density at radius 1 is 1.56 bits per heavy atom. The molecule has 1 aliphatic rings. The molecule has 1 aliphatic carbocycles. The molecule has 1 aromatic rings. The maximum atomic E-state index is 9.01. The molecule has 0 radical (unpaired) electrons. The van der Waals surface area contributed by atoms with Crippen molar-refractivity contribution in [2.24, 2.45) is 0 Å². The SMILES string of the molecule is CC(C)N(CCO)Cc1cnc(C2CC2)s1. The van der Waals surface area contributed by atoms with Crippen LogP contribution in [-0.4, -0.2) is 34.2 Å². The molecule has 1 fully saturated rings. The van der Waals surface area contributed by atoms with E-state index in [-0.39, 0.29) is 6.61 Å². The van der Waals surface area contributed by atoms with Crippen molar-refractivity contribution in [1.82, 2.24) is 9.88 Å². The molecule has 1 N–H and O–H groups in total. The van der Waals surface area contributed by atoms with Gasteiger partial charge in [0, 0.05) is 36.1 Å². The van der Waals surface area contributed by atoms with Crippen LogP contribution < -0.4 is 0 Å². The molecule has 1 saturated carbocycles. The first-order valence-electron chi connectivity index (χ1n) is 6.00. The van der Waals surface area contributed by atoms with Gasteiger partial charge in [0.05, 0.1) is 11.6 Å². The molecule has 0 atom stereocenters. The highest BCUT2D eigenvalue weighted by atomic mass is 32.1. The van der Waals surface area contributed by atoms with Gasteiger partial charge in [-0.15, -0.1) is 11.3 Å². The zero-order chi connectivity index (χ0) is 11.5. The zero-order valence-corrected chi connectivity index (χ0v) is 10.8. The topological polar surface area (TPSA) is 36.4 Å². The number of aromatic nitrogens is 1. The summed E-state index contributed by atoms with van der Waals surface area (Å²) in [6.45, 7) is 6.22. The number of hydrogen-bond donors (Lipinski definition) is 1. The van der Waals surface area contributed by atoms with E-state index in [2.05, 4.69) is 23.7 Å². The van der Waals surface area contributed by atoms with Gasteiger partial charge in [-0.3, -0.25) is 4.90 Å². The Morgan fingerprint density at radius 2 is 2.31 bits per heavy atom. The Morgan fingerprint density at radius 3 is 2.88 bits per heavy atom. The normalized spacial score (nSPS) is 16.3. The van der Waals surface area contributed by atoms with E-state index in [9.17, 15) is 0 Å². The fraction of sp³-hybridized carbons (Fsp3) is 0.750. The summed E-state index contributed by atoms with van der Waals surface area (Å²) in [5.41, 5.74) is 0. The van der Waals surface area contributed by atoms with E-state index in [1.165, 1.54) is 22.7 Å². The summed E-state index contributed by atoms with van der Waals surface area (Å²) in [6, 6.07) is 0.471. The Labute approximate surface area is 101 Å². The largest absolute Gasteiger partial charge is 0.395 e. The van der Waals surface area contributed by atoms with Gasteiger partial charge in [-0.05, 0) is 26.7 Å². The number of aliphatic hydroxyl groups is 1. The van der Waals surface area contributed by atoms with Crippen molar-refractivity contribution in [3.63, 3.8) is 0 Å². The maximum Gasteiger partial charge on any atom is 0.0959 e. The molecule has 4 heteroatoms. The lowest BCUT2D eigenvalue weighted by molar-refractivity contribution is 0.160. The van der Waals surface area contributed by atoms with Crippen LogP contribution in [0, 0.1) is 0 Å². The zero-order valence-electron chi connectivity index (χ0n) is 10.0. The fourth-order valence-electron chi connectivity index (χ4n) is 1.76. The van der Waals surface area contributed by atoms with Crippen LogP contribution >= 0.6 is 11.3 Å². The highest BCUT2D eigenvalue weighted by molar-refractivity contribution is 7.11. The number of nitrogens with zero attached hydrogens (tertiary/aromatic N) is 2. The molecule has 90 valence electrons. The minimum absolute atomic E-state index is 0.229. The summed E-state index contributed by atoms with van der Waals surface area (Å²) < 4.78 is 0. The summed E-state index contributed by atoms with van der Waals surface area (Å²) in [6.07, 6.45) is 4.64. The third kappa shape index (κ3) is 3.03. The molecule has 0 unspecified atom stereocenters. The Bertz CT molecular complexity index is 334. The summed E-state index contributed by atoms with van der Waals surface area (Å²) in [7, 11) is 0. The molecule has 0 aliphatic heterocycles. The molecule has 0 aromatic carbocycles. The molecule has 0 amide bonds. The molecule has 1 aromatic heterocycles. The van der Waals surface area contributed by atoms with Gasteiger partial charge in [0.1, 0.15) is 0 Å². The van der Waals surface area contributed by atoms with Crippen LogP contribution in [0.2, 0.25) is 0 Å². The Kier molecular flexibility index (Phi) is 3.95. The van der Waals surface area contributed by atoms with E-state index in [0.717, 1.165) is 19.0 Å². The van der Waals surface area contributed by atoms with Crippen LogP contribution in [0.5, 0.6) is 0 Å². The molecular weight excluding hydrogens is 220 g/mol. The molecule has 1 heterocycles. The number of rotatable bonds is 6. The summed E-state index contributed by atoms with van der Waals surface area (Å²) in [4.78, 5) is 8.09. The van der Waals surface area contributed by atoms with Gasteiger partial charge in [0.25, 0.3) is 0 Å². The molecular formula is C12H20N2OS. The van der Waals surface area contributed by atoms with E-state index >= 15 is 0 Å². The highest BCUT2D eigenvalue weighted by Crippen LogP contribution is 2.41.